The molecule has 0 aliphatic carbocycles. The second kappa shape index (κ2) is 5.06. The van der Waals surface area contributed by atoms with E-state index in [0.29, 0.717) is 18.6 Å². The lowest BCUT2D eigenvalue weighted by Crippen LogP contribution is -2.53. The van der Waals surface area contributed by atoms with Crippen LogP contribution in [0.1, 0.15) is 36.8 Å². The number of rotatable bonds is 1. The molecule has 0 saturated carbocycles. The lowest BCUT2D eigenvalue weighted by atomic mass is 10.0. The number of anilines is 1. The van der Waals surface area contributed by atoms with E-state index in [2.05, 4.69) is 29.0 Å². The fraction of sp³-hybridized carbons (Fsp3) is 0.714. The number of aryl methyl sites for hydroxylation is 1. The summed E-state index contributed by atoms with van der Waals surface area (Å²) in [6.07, 6.45) is 0. The average Bonchev–Trinajstić information content (AvgIpc) is 2.57. The smallest absolute Gasteiger partial charge is 0.138 e. The Morgan fingerprint density at radius 1 is 1.37 bits per heavy atom. The summed E-state index contributed by atoms with van der Waals surface area (Å²) in [6, 6.07) is 0.393. The van der Waals surface area contributed by atoms with Gasteiger partial charge in [0.25, 0.3) is 0 Å². The second-order valence-corrected chi connectivity index (χ2v) is 5.68. The van der Waals surface area contributed by atoms with Crippen LogP contribution in [0.4, 0.5) is 5.82 Å². The van der Waals surface area contributed by atoms with Crippen LogP contribution in [-0.2, 0) is 11.3 Å². The molecule has 2 aliphatic rings. The first kappa shape index (κ1) is 12.8. The Morgan fingerprint density at radius 2 is 2.21 bits per heavy atom. The van der Waals surface area contributed by atoms with Crippen LogP contribution in [0.15, 0.2) is 0 Å². The summed E-state index contributed by atoms with van der Waals surface area (Å²) in [5, 5.41) is 3.43. The molecule has 1 saturated heterocycles. The third-order valence-electron chi connectivity index (χ3n) is 3.85. The third kappa shape index (κ3) is 2.32. The van der Waals surface area contributed by atoms with Crippen molar-refractivity contribution in [3.63, 3.8) is 0 Å². The van der Waals surface area contributed by atoms with Gasteiger partial charge in [-0.1, -0.05) is 13.8 Å². The summed E-state index contributed by atoms with van der Waals surface area (Å²) in [5.74, 6) is 2.36. The molecule has 19 heavy (non-hydrogen) atoms. The van der Waals surface area contributed by atoms with Gasteiger partial charge in [-0.15, -0.1) is 0 Å². The van der Waals surface area contributed by atoms with E-state index in [9.17, 15) is 0 Å². The maximum absolute atomic E-state index is 5.86. The number of aromatic nitrogens is 2. The number of hydrogen-bond acceptors (Lipinski definition) is 5. The van der Waals surface area contributed by atoms with Gasteiger partial charge in [0.2, 0.25) is 0 Å². The van der Waals surface area contributed by atoms with Gasteiger partial charge < -0.3 is 15.0 Å². The number of ether oxygens (including phenoxy) is 1. The van der Waals surface area contributed by atoms with E-state index in [0.717, 1.165) is 43.6 Å². The highest BCUT2D eigenvalue weighted by Gasteiger charge is 2.30. The summed E-state index contributed by atoms with van der Waals surface area (Å²) in [4.78, 5) is 11.7. The van der Waals surface area contributed by atoms with Gasteiger partial charge in [-0.3, -0.25) is 0 Å². The maximum Gasteiger partial charge on any atom is 0.138 e. The predicted octanol–water partition coefficient (Wildman–Crippen LogP) is 1.22. The Kier molecular flexibility index (Phi) is 3.41. The Hall–Kier alpha value is -1.20. The molecule has 0 amide bonds. The van der Waals surface area contributed by atoms with Crippen LogP contribution in [0.3, 0.4) is 0 Å². The van der Waals surface area contributed by atoms with E-state index in [4.69, 9.17) is 9.72 Å². The zero-order chi connectivity index (χ0) is 13.4. The van der Waals surface area contributed by atoms with E-state index in [1.165, 1.54) is 5.56 Å². The number of nitrogens with one attached hydrogen (secondary N) is 1. The summed E-state index contributed by atoms with van der Waals surface area (Å²) in [7, 11) is 0. The van der Waals surface area contributed by atoms with Crippen molar-refractivity contribution >= 4 is 5.82 Å². The SMILES string of the molecule is Cc1nc(C(C)C)c2c(n1)N1CCNCC1COC2. The molecule has 3 heterocycles. The van der Waals surface area contributed by atoms with Crippen molar-refractivity contribution < 1.29 is 4.74 Å². The fourth-order valence-corrected chi connectivity index (χ4v) is 2.94. The molecule has 1 fully saturated rings. The van der Waals surface area contributed by atoms with Crippen LogP contribution in [0.25, 0.3) is 0 Å². The minimum atomic E-state index is 0.393. The molecule has 1 aromatic heterocycles. The summed E-state index contributed by atoms with van der Waals surface area (Å²) < 4.78 is 5.86. The molecular weight excluding hydrogens is 240 g/mol. The lowest BCUT2D eigenvalue weighted by molar-refractivity contribution is 0.109. The van der Waals surface area contributed by atoms with E-state index in [-0.39, 0.29) is 0 Å². The van der Waals surface area contributed by atoms with Crippen molar-refractivity contribution in [3.05, 3.63) is 17.1 Å². The van der Waals surface area contributed by atoms with Crippen molar-refractivity contribution in [2.45, 2.75) is 39.3 Å². The minimum Gasteiger partial charge on any atom is -0.374 e. The first-order chi connectivity index (χ1) is 9.16. The quantitative estimate of drug-likeness (QED) is 0.824. The van der Waals surface area contributed by atoms with Crippen LogP contribution in [-0.4, -0.2) is 42.3 Å². The third-order valence-corrected chi connectivity index (χ3v) is 3.85. The van der Waals surface area contributed by atoms with E-state index < -0.39 is 0 Å². The average molecular weight is 262 g/mol. The van der Waals surface area contributed by atoms with Crippen molar-refractivity contribution in [1.82, 2.24) is 15.3 Å². The molecule has 1 aromatic rings. The van der Waals surface area contributed by atoms with Crippen LogP contribution >= 0.6 is 0 Å². The Labute approximate surface area is 114 Å². The maximum atomic E-state index is 5.86. The molecule has 0 aromatic carbocycles. The first-order valence-corrected chi connectivity index (χ1v) is 7.09. The van der Waals surface area contributed by atoms with Gasteiger partial charge in [0.05, 0.1) is 24.9 Å². The van der Waals surface area contributed by atoms with Crippen LogP contribution in [0.5, 0.6) is 0 Å². The molecule has 3 rings (SSSR count). The highest BCUT2D eigenvalue weighted by molar-refractivity contribution is 5.52. The van der Waals surface area contributed by atoms with E-state index >= 15 is 0 Å². The largest absolute Gasteiger partial charge is 0.374 e. The highest BCUT2D eigenvalue weighted by atomic mass is 16.5. The first-order valence-electron chi connectivity index (χ1n) is 7.09. The summed E-state index contributed by atoms with van der Waals surface area (Å²) in [6.45, 7) is 10.7. The molecule has 5 nitrogen and oxygen atoms in total. The molecule has 1 atom stereocenters. The van der Waals surface area contributed by atoms with E-state index in [1.54, 1.807) is 0 Å². The number of piperazine rings is 1. The van der Waals surface area contributed by atoms with Crippen molar-refractivity contribution in [2.75, 3.05) is 31.1 Å². The fourth-order valence-electron chi connectivity index (χ4n) is 2.94. The molecule has 1 N–H and O–H groups in total. The molecule has 5 heteroatoms. The number of fused-ring (bicyclic) bond motifs is 3. The topological polar surface area (TPSA) is 50.3 Å². The van der Waals surface area contributed by atoms with Gasteiger partial charge in [-0.25, -0.2) is 9.97 Å². The summed E-state index contributed by atoms with van der Waals surface area (Å²) >= 11 is 0. The number of hydrogen-bond donors (Lipinski definition) is 1. The molecule has 0 bridgehead atoms. The van der Waals surface area contributed by atoms with Crippen LogP contribution < -0.4 is 10.2 Å². The normalized spacial score (nSPS) is 22.9. The van der Waals surface area contributed by atoms with Gasteiger partial charge in [-0.2, -0.15) is 0 Å². The molecule has 104 valence electrons. The molecule has 1 unspecified atom stereocenters. The van der Waals surface area contributed by atoms with Gasteiger partial charge in [0, 0.05) is 25.2 Å². The van der Waals surface area contributed by atoms with Gasteiger partial charge in [-0.05, 0) is 12.8 Å². The lowest BCUT2D eigenvalue weighted by Gasteiger charge is -2.36. The van der Waals surface area contributed by atoms with Crippen molar-refractivity contribution in [2.24, 2.45) is 0 Å². The number of nitrogens with zero attached hydrogens (tertiary/aromatic N) is 3. The van der Waals surface area contributed by atoms with Gasteiger partial charge >= 0.3 is 0 Å². The standard InChI is InChI=1S/C14H22N4O/c1-9(2)13-12-8-19-7-11-6-15-4-5-18(11)14(12)17-10(3)16-13/h9,11,15H,4-8H2,1-3H3. The minimum absolute atomic E-state index is 0.393. The Morgan fingerprint density at radius 3 is 3.00 bits per heavy atom. The monoisotopic (exact) mass is 262 g/mol. The van der Waals surface area contributed by atoms with Gasteiger partial charge in [0.15, 0.2) is 0 Å². The van der Waals surface area contributed by atoms with Crippen LogP contribution in [0.2, 0.25) is 0 Å². The molecule has 0 radical (unpaired) electrons. The predicted molar refractivity (Wildman–Crippen MR) is 74.5 cm³/mol. The van der Waals surface area contributed by atoms with Crippen molar-refractivity contribution in [1.29, 1.82) is 0 Å². The van der Waals surface area contributed by atoms with Crippen LogP contribution in [0, 0.1) is 6.92 Å². The van der Waals surface area contributed by atoms with Crippen molar-refractivity contribution in [3.8, 4) is 0 Å². The van der Waals surface area contributed by atoms with E-state index in [1.807, 2.05) is 6.92 Å². The second-order valence-electron chi connectivity index (χ2n) is 5.68. The zero-order valence-electron chi connectivity index (χ0n) is 11.9. The Balaban J connectivity index is 2.10. The molecular formula is C14H22N4O. The summed E-state index contributed by atoms with van der Waals surface area (Å²) in [5.41, 5.74) is 2.33. The Bertz CT molecular complexity index is 475. The van der Waals surface area contributed by atoms with Gasteiger partial charge in [0.1, 0.15) is 11.6 Å². The highest BCUT2D eigenvalue weighted by Crippen LogP contribution is 2.30. The zero-order valence-corrected chi connectivity index (χ0v) is 11.9. The molecule has 2 aliphatic heterocycles. The molecule has 0 spiro atoms.